The smallest absolute Gasteiger partial charge is 0.243 e. The van der Waals surface area contributed by atoms with Gasteiger partial charge in [0.25, 0.3) is 0 Å². The van der Waals surface area contributed by atoms with Crippen molar-refractivity contribution in [1.29, 1.82) is 0 Å². The van der Waals surface area contributed by atoms with Gasteiger partial charge in [0, 0.05) is 24.6 Å². The van der Waals surface area contributed by atoms with Crippen LogP contribution in [0.3, 0.4) is 0 Å². The number of benzene rings is 1. The van der Waals surface area contributed by atoms with Gasteiger partial charge in [-0.15, -0.1) is 0 Å². The SMILES string of the molecule is CCOc1cc(OC)c(OC)cc1/C=C(\C)[N+](=O)[O-]. The highest BCUT2D eigenvalue weighted by Crippen LogP contribution is 2.35. The topological polar surface area (TPSA) is 70.8 Å². The third-order valence-corrected chi connectivity index (χ3v) is 2.47. The summed E-state index contributed by atoms with van der Waals surface area (Å²) in [6, 6.07) is 3.30. The summed E-state index contributed by atoms with van der Waals surface area (Å²) < 4.78 is 15.8. The molecule has 0 fully saturated rings. The van der Waals surface area contributed by atoms with Crippen LogP contribution in [0.1, 0.15) is 19.4 Å². The molecule has 0 heterocycles. The summed E-state index contributed by atoms with van der Waals surface area (Å²) in [6.45, 7) is 3.71. The third-order valence-electron chi connectivity index (χ3n) is 2.47. The molecule has 0 aromatic heterocycles. The van der Waals surface area contributed by atoms with Gasteiger partial charge in [-0.05, 0) is 13.0 Å². The van der Waals surface area contributed by atoms with E-state index < -0.39 is 4.92 Å². The first-order valence-corrected chi connectivity index (χ1v) is 5.75. The Morgan fingerprint density at radius 2 is 1.84 bits per heavy atom. The van der Waals surface area contributed by atoms with Crippen molar-refractivity contribution in [3.8, 4) is 17.2 Å². The summed E-state index contributed by atoms with van der Waals surface area (Å²) in [7, 11) is 3.03. The second kappa shape index (κ2) is 6.63. The van der Waals surface area contributed by atoms with E-state index in [0.29, 0.717) is 29.4 Å². The maximum absolute atomic E-state index is 10.7. The predicted molar refractivity (Wildman–Crippen MR) is 71.4 cm³/mol. The highest BCUT2D eigenvalue weighted by atomic mass is 16.6. The molecule has 0 aliphatic heterocycles. The van der Waals surface area contributed by atoms with E-state index in [2.05, 4.69) is 0 Å². The lowest BCUT2D eigenvalue weighted by atomic mass is 10.1. The lowest BCUT2D eigenvalue weighted by Crippen LogP contribution is -1.99. The summed E-state index contributed by atoms with van der Waals surface area (Å²) in [6.07, 6.45) is 1.44. The minimum atomic E-state index is -0.452. The van der Waals surface area contributed by atoms with E-state index >= 15 is 0 Å². The highest BCUT2D eigenvalue weighted by molar-refractivity contribution is 5.64. The molecule has 6 nitrogen and oxygen atoms in total. The summed E-state index contributed by atoms with van der Waals surface area (Å²) in [4.78, 5) is 10.2. The zero-order chi connectivity index (χ0) is 14.4. The minimum absolute atomic E-state index is 0.0215. The molecule has 0 aliphatic carbocycles. The van der Waals surface area contributed by atoms with Crippen LogP contribution in [0.4, 0.5) is 0 Å². The molecular weight excluding hydrogens is 250 g/mol. The Balaban J connectivity index is 3.34. The summed E-state index contributed by atoms with van der Waals surface area (Å²) in [5.74, 6) is 1.52. The summed E-state index contributed by atoms with van der Waals surface area (Å²) in [5, 5.41) is 10.7. The Morgan fingerprint density at radius 3 is 2.32 bits per heavy atom. The second-order valence-corrected chi connectivity index (χ2v) is 3.72. The molecule has 0 spiro atoms. The molecule has 0 radical (unpaired) electrons. The normalized spacial score (nSPS) is 11.1. The molecule has 1 rings (SSSR count). The Bertz CT molecular complexity index is 496. The predicted octanol–water partition coefficient (Wildman–Crippen LogP) is 2.74. The van der Waals surface area contributed by atoms with Crippen molar-refractivity contribution >= 4 is 6.08 Å². The molecule has 0 amide bonds. The van der Waals surface area contributed by atoms with Gasteiger partial charge in [0.05, 0.1) is 25.7 Å². The van der Waals surface area contributed by atoms with E-state index in [1.165, 1.54) is 27.2 Å². The largest absolute Gasteiger partial charge is 0.493 e. The first-order valence-electron chi connectivity index (χ1n) is 5.75. The van der Waals surface area contributed by atoms with Crippen LogP contribution < -0.4 is 14.2 Å². The first kappa shape index (κ1) is 14.8. The molecule has 6 heteroatoms. The summed E-state index contributed by atoms with van der Waals surface area (Å²) >= 11 is 0. The van der Waals surface area contributed by atoms with E-state index in [0.717, 1.165) is 0 Å². The van der Waals surface area contributed by atoms with Gasteiger partial charge >= 0.3 is 0 Å². The minimum Gasteiger partial charge on any atom is -0.493 e. The van der Waals surface area contributed by atoms with E-state index in [1.807, 2.05) is 6.92 Å². The number of rotatable bonds is 6. The molecule has 1 aromatic carbocycles. The van der Waals surface area contributed by atoms with Crippen LogP contribution in [0.25, 0.3) is 6.08 Å². The number of ether oxygens (including phenoxy) is 3. The summed E-state index contributed by atoms with van der Waals surface area (Å²) in [5.41, 5.74) is 0.599. The average Bonchev–Trinajstić information content (AvgIpc) is 2.39. The van der Waals surface area contributed by atoms with Crippen molar-refractivity contribution in [2.45, 2.75) is 13.8 Å². The van der Waals surface area contributed by atoms with Crippen LogP contribution in [0.2, 0.25) is 0 Å². The van der Waals surface area contributed by atoms with Crippen LogP contribution >= 0.6 is 0 Å². The maximum Gasteiger partial charge on any atom is 0.243 e. The maximum atomic E-state index is 10.7. The van der Waals surface area contributed by atoms with Crippen molar-refractivity contribution < 1.29 is 19.1 Å². The fourth-order valence-corrected chi connectivity index (χ4v) is 1.55. The van der Waals surface area contributed by atoms with E-state index in [9.17, 15) is 10.1 Å². The fraction of sp³-hybridized carbons (Fsp3) is 0.385. The number of hydrogen-bond donors (Lipinski definition) is 0. The van der Waals surface area contributed by atoms with Crippen LogP contribution in [0.5, 0.6) is 17.2 Å². The molecule has 0 N–H and O–H groups in total. The van der Waals surface area contributed by atoms with Crippen molar-refractivity contribution in [2.75, 3.05) is 20.8 Å². The Kier molecular flexibility index (Phi) is 5.17. The van der Waals surface area contributed by atoms with E-state index in [-0.39, 0.29) is 5.70 Å². The van der Waals surface area contributed by atoms with E-state index in [4.69, 9.17) is 14.2 Å². The fourth-order valence-electron chi connectivity index (χ4n) is 1.55. The van der Waals surface area contributed by atoms with Gasteiger partial charge in [-0.25, -0.2) is 0 Å². The van der Waals surface area contributed by atoms with Gasteiger partial charge in [-0.3, -0.25) is 10.1 Å². The van der Waals surface area contributed by atoms with Crippen molar-refractivity contribution in [2.24, 2.45) is 0 Å². The van der Waals surface area contributed by atoms with Crippen molar-refractivity contribution in [3.63, 3.8) is 0 Å². The molecule has 0 bridgehead atoms. The lowest BCUT2D eigenvalue weighted by molar-refractivity contribution is -0.422. The van der Waals surface area contributed by atoms with Crippen LogP contribution in [0.15, 0.2) is 17.8 Å². The zero-order valence-corrected chi connectivity index (χ0v) is 11.4. The molecule has 0 unspecified atom stereocenters. The van der Waals surface area contributed by atoms with Gasteiger partial charge in [0.15, 0.2) is 11.5 Å². The van der Waals surface area contributed by atoms with Gasteiger partial charge in [0.1, 0.15) is 5.75 Å². The lowest BCUT2D eigenvalue weighted by Gasteiger charge is -2.13. The van der Waals surface area contributed by atoms with Gasteiger partial charge in [-0.1, -0.05) is 0 Å². The molecule has 104 valence electrons. The van der Waals surface area contributed by atoms with Crippen molar-refractivity contribution in [1.82, 2.24) is 0 Å². The second-order valence-electron chi connectivity index (χ2n) is 3.72. The Hall–Kier alpha value is -2.24. The average molecular weight is 267 g/mol. The highest BCUT2D eigenvalue weighted by Gasteiger charge is 2.13. The van der Waals surface area contributed by atoms with Gasteiger partial charge in [0.2, 0.25) is 5.70 Å². The standard InChI is InChI=1S/C13H17NO5/c1-5-19-11-8-13(18-4)12(17-3)7-10(11)6-9(2)14(15)16/h6-8H,5H2,1-4H3/b9-6+. The third kappa shape index (κ3) is 3.61. The monoisotopic (exact) mass is 267 g/mol. The Labute approximate surface area is 111 Å². The van der Waals surface area contributed by atoms with Crippen LogP contribution in [0, 0.1) is 10.1 Å². The first-order chi connectivity index (χ1) is 9.03. The van der Waals surface area contributed by atoms with E-state index in [1.54, 1.807) is 12.1 Å². The van der Waals surface area contributed by atoms with Gasteiger partial charge < -0.3 is 14.2 Å². The van der Waals surface area contributed by atoms with Crippen LogP contribution in [-0.2, 0) is 0 Å². The zero-order valence-electron chi connectivity index (χ0n) is 11.4. The number of allylic oxidation sites excluding steroid dienone is 1. The number of hydrogen-bond acceptors (Lipinski definition) is 5. The number of nitrogens with zero attached hydrogens (tertiary/aromatic N) is 1. The molecular formula is C13H17NO5. The molecule has 0 saturated carbocycles. The molecule has 0 aliphatic rings. The number of methoxy groups -OCH3 is 2. The van der Waals surface area contributed by atoms with Crippen LogP contribution in [-0.4, -0.2) is 25.7 Å². The Morgan fingerprint density at radius 1 is 1.26 bits per heavy atom. The molecule has 0 saturated heterocycles. The number of nitro groups is 1. The molecule has 1 aromatic rings. The van der Waals surface area contributed by atoms with Gasteiger partial charge in [-0.2, -0.15) is 0 Å². The molecule has 0 atom stereocenters. The quantitative estimate of drug-likeness (QED) is 0.585. The van der Waals surface area contributed by atoms with Crippen molar-refractivity contribution in [3.05, 3.63) is 33.5 Å². The molecule has 19 heavy (non-hydrogen) atoms.